The summed E-state index contributed by atoms with van der Waals surface area (Å²) < 4.78 is 1.23. The molecule has 0 saturated heterocycles. The Balaban J connectivity index is 2.31. The number of carbonyl (C=O) groups is 1. The van der Waals surface area contributed by atoms with E-state index < -0.39 is 0 Å². The summed E-state index contributed by atoms with van der Waals surface area (Å²) in [5.74, 6) is 0.187. The van der Waals surface area contributed by atoms with Crippen molar-refractivity contribution >= 4 is 38.8 Å². The molecule has 0 amide bonds. The number of alkyl halides is 1. The van der Waals surface area contributed by atoms with Crippen LogP contribution in [0, 0.1) is 0 Å². The van der Waals surface area contributed by atoms with Crippen molar-refractivity contribution in [2.45, 2.75) is 6.42 Å². The van der Waals surface area contributed by atoms with E-state index in [2.05, 4.69) is 18.2 Å². The van der Waals surface area contributed by atoms with E-state index in [9.17, 15) is 4.79 Å². The van der Waals surface area contributed by atoms with Crippen LogP contribution in [-0.2, 0) is 11.2 Å². The summed E-state index contributed by atoms with van der Waals surface area (Å²) >= 11 is 7.12. The Labute approximate surface area is 91.3 Å². The zero-order valence-corrected chi connectivity index (χ0v) is 9.07. The molecule has 1 heterocycles. The topological polar surface area (TPSA) is 17.1 Å². The van der Waals surface area contributed by atoms with E-state index in [1.807, 2.05) is 12.1 Å². The molecule has 0 spiro atoms. The summed E-state index contributed by atoms with van der Waals surface area (Å²) in [6.07, 6.45) is 0.461. The largest absolute Gasteiger partial charge is 0.298 e. The number of benzene rings is 1. The van der Waals surface area contributed by atoms with Gasteiger partial charge in [0.05, 0.1) is 5.88 Å². The number of hydrogen-bond acceptors (Lipinski definition) is 2. The highest BCUT2D eigenvalue weighted by Gasteiger charge is 2.05. The molecule has 3 heteroatoms. The van der Waals surface area contributed by atoms with E-state index in [0.717, 1.165) is 4.88 Å². The summed E-state index contributed by atoms with van der Waals surface area (Å²) in [5, 5.41) is 1.20. The van der Waals surface area contributed by atoms with E-state index in [1.54, 1.807) is 11.3 Å². The highest BCUT2D eigenvalue weighted by molar-refractivity contribution is 7.19. The van der Waals surface area contributed by atoms with Crippen molar-refractivity contribution in [3.63, 3.8) is 0 Å². The first-order valence-corrected chi connectivity index (χ1v) is 5.70. The number of fused-ring (bicyclic) bond motifs is 1. The second-order valence-electron chi connectivity index (χ2n) is 3.10. The fourth-order valence-electron chi connectivity index (χ4n) is 1.37. The number of thiophene rings is 1. The molecule has 1 aromatic carbocycles. The maximum atomic E-state index is 11.1. The van der Waals surface area contributed by atoms with Crippen LogP contribution in [0.25, 0.3) is 10.1 Å². The fraction of sp³-hybridized carbons (Fsp3) is 0.182. The Bertz CT molecular complexity index is 428. The van der Waals surface area contributed by atoms with Crippen molar-refractivity contribution in [3.05, 3.63) is 35.2 Å². The van der Waals surface area contributed by atoms with Gasteiger partial charge in [0.1, 0.15) is 0 Å². The second-order valence-corrected chi connectivity index (χ2v) is 4.54. The third-order valence-corrected chi connectivity index (χ3v) is 3.41. The summed E-state index contributed by atoms with van der Waals surface area (Å²) in [6.45, 7) is 0. The predicted octanol–water partition coefficient (Wildman–Crippen LogP) is 3.25. The van der Waals surface area contributed by atoms with Gasteiger partial charge in [-0.3, -0.25) is 4.79 Å². The quantitative estimate of drug-likeness (QED) is 0.732. The van der Waals surface area contributed by atoms with Gasteiger partial charge in [-0.15, -0.1) is 22.9 Å². The molecule has 0 aliphatic heterocycles. The maximum Gasteiger partial charge on any atom is 0.152 e. The van der Waals surface area contributed by atoms with Crippen molar-refractivity contribution in [3.8, 4) is 0 Å². The first kappa shape index (κ1) is 9.69. The Morgan fingerprint density at radius 2 is 2.14 bits per heavy atom. The minimum atomic E-state index is 0.0817. The van der Waals surface area contributed by atoms with Crippen LogP contribution in [0.1, 0.15) is 4.88 Å². The average molecular weight is 225 g/mol. The van der Waals surface area contributed by atoms with Gasteiger partial charge in [-0.1, -0.05) is 18.2 Å². The smallest absolute Gasteiger partial charge is 0.152 e. The van der Waals surface area contributed by atoms with Gasteiger partial charge >= 0.3 is 0 Å². The standard InChI is InChI=1S/C11H9ClOS/c12-7-9(13)6-10-5-8-3-1-2-4-11(8)14-10/h1-5H,6-7H2. The number of hydrogen-bond donors (Lipinski definition) is 0. The molecule has 1 nitrogen and oxygen atoms in total. The molecule has 2 aromatic rings. The molecular formula is C11H9ClOS. The van der Waals surface area contributed by atoms with E-state index in [-0.39, 0.29) is 11.7 Å². The van der Waals surface area contributed by atoms with Crippen LogP contribution in [0.2, 0.25) is 0 Å². The molecule has 0 unspecified atom stereocenters. The number of halogens is 1. The molecule has 0 atom stereocenters. The van der Waals surface area contributed by atoms with Crippen molar-refractivity contribution in [1.29, 1.82) is 0 Å². The number of carbonyl (C=O) groups excluding carboxylic acids is 1. The molecule has 0 aliphatic rings. The molecule has 0 fully saturated rings. The Hall–Kier alpha value is -0.860. The van der Waals surface area contributed by atoms with Crippen LogP contribution >= 0.6 is 22.9 Å². The molecule has 72 valence electrons. The Morgan fingerprint density at radius 3 is 2.86 bits per heavy atom. The molecule has 1 aromatic heterocycles. The highest BCUT2D eigenvalue weighted by Crippen LogP contribution is 2.25. The lowest BCUT2D eigenvalue weighted by Crippen LogP contribution is -2.01. The summed E-state index contributed by atoms with van der Waals surface area (Å²) in [5.41, 5.74) is 0. The van der Waals surface area contributed by atoms with E-state index in [1.165, 1.54) is 10.1 Å². The van der Waals surface area contributed by atoms with Crippen LogP contribution in [0.4, 0.5) is 0 Å². The van der Waals surface area contributed by atoms with Gasteiger partial charge in [0.15, 0.2) is 5.78 Å². The van der Waals surface area contributed by atoms with Crippen molar-refractivity contribution < 1.29 is 4.79 Å². The van der Waals surface area contributed by atoms with Crippen molar-refractivity contribution in [2.24, 2.45) is 0 Å². The lowest BCUT2D eigenvalue weighted by Gasteiger charge is -1.90. The van der Waals surface area contributed by atoms with Crippen LogP contribution < -0.4 is 0 Å². The molecule has 0 saturated carbocycles. The van der Waals surface area contributed by atoms with E-state index in [4.69, 9.17) is 11.6 Å². The number of ketones is 1. The minimum Gasteiger partial charge on any atom is -0.298 e. The van der Waals surface area contributed by atoms with Gasteiger partial charge in [-0.05, 0) is 17.5 Å². The van der Waals surface area contributed by atoms with Gasteiger partial charge in [0.2, 0.25) is 0 Å². The van der Waals surface area contributed by atoms with Gasteiger partial charge in [-0.2, -0.15) is 0 Å². The predicted molar refractivity (Wildman–Crippen MR) is 61.3 cm³/mol. The van der Waals surface area contributed by atoms with Crippen LogP contribution in [0.15, 0.2) is 30.3 Å². The lowest BCUT2D eigenvalue weighted by molar-refractivity contribution is -0.116. The number of Topliss-reactive ketones (excluding diaryl/α,β-unsaturated/α-hetero) is 1. The van der Waals surface area contributed by atoms with Gasteiger partial charge in [0, 0.05) is 16.0 Å². The Morgan fingerprint density at radius 1 is 1.36 bits per heavy atom. The van der Waals surface area contributed by atoms with Crippen molar-refractivity contribution in [1.82, 2.24) is 0 Å². The van der Waals surface area contributed by atoms with Crippen LogP contribution in [0.3, 0.4) is 0 Å². The third kappa shape index (κ3) is 1.97. The van der Waals surface area contributed by atoms with E-state index in [0.29, 0.717) is 6.42 Å². The zero-order valence-electron chi connectivity index (χ0n) is 7.50. The summed E-state index contributed by atoms with van der Waals surface area (Å²) in [6, 6.07) is 10.2. The summed E-state index contributed by atoms with van der Waals surface area (Å²) in [7, 11) is 0. The summed E-state index contributed by atoms with van der Waals surface area (Å²) in [4.78, 5) is 12.2. The normalized spacial score (nSPS) is 10.6. The van der Waals surface area contributed by atoms with Crippen molar-refractivity contribution in [2.75, 3.05) is 5.88 Å². The average Bonchev–Trinajstić information content (AvgIpc) is 2.59. The molecular weight excluding hydrogens is 216 g/mol. The molecule has 0 aliphatic carbocycles. The molecule has 0 N–H and O–H groups in total. The van der Waals surface area contributed by atoms with Crippen LogP contribution in [-0.4, -0.2) is 11.7 Å². The second kappa shape index (κ2) is 4.11. The number of rotatable bonds is 3. The monoisotopic (exact) mass is 224 g/mol. The lowest BCUT2D eigenvalue weighted by atomic mass is 10.2. The highest BCUT2D eigenvalue weighted by atomic mass is 35.5. The van der Waals surface area contributed by atoms with Crippen LogP contribution in [0.5, 0.6) is 0 Å². The maximum absolute atomic E-state index is 11.1. The molecule has 14 heavy (non-hydrogen) atoms. The SMILES string of the molecule is O=C(CCl)Cc1cc2ccccc2s1. The molecule has 2 rings (SSSR count). The minimum absolute atomic E-state index is 0.0817. The first-order chi connectivity index (χ1) is 6.79. The molecule has 0 bridgehead atoms. The first-order valence-electron chi connectivity index (χ1n) is 4.34. The van der Waals surface area contributed by atoms with Gasteiger partial charge < -0.3 is 0 Å². The Kier molecular flexibility index (Phi) is 2.85. The zero-order chi connectivity index (χ0) is 9.97. The molecule has 0 radical (unpaired) electrons. The fourth-order valence-corrected chi connectivity index (χ4v) is 2.55. The van der Waals surface area contributed by atoms with E-state index >= 15 is 0 Å². The van der Waals surface area contributed by atoms with Gasteiger partial charge in [0.25, 0.3) is 0 Å². The third-order valence-electron chi connectivity index (χ3n) is 2.00. The van der Waals surface area contributed by atoms with Gasteiger partial charge in [-0.25, -0.2) is 0 Å².